The summed E-state index contributed by atoms with van der Waals surface area (Å²) in [5.74, 6) is -1.19. The second-order valence-electron chi connectivity index (χ2n) is 6.02. The van der Waals surface area contributed by atoms with Crippen molar-refractivity contribution in [2.45, 2.75) is 31.4 Å². The summed E-state index contributed by atoms with van der Waals surface area (Å²) in [7, 11) is 0. The predicted octanol–water partition coefficient (Wildman–Crippen LogP) is 3.19. The van der Waals surface area contributed by atoms with Crippen molar-refractivity contribution in [2.75, 3.05) is 6.61 Å². The average Bonchev–Trinajstić information content (AvgIpc) is 2.95. The number of alkyl halides is 1. The van der Waals surface area contributed by atoms with Gasteiger partial charge < -0.3 is 14.2 Å². The fourth-order valence-corrected chi connectivity index (χ4v) is 2.76. The van der Waals surface area contributed by atoms with Crippen molar-refractivity contribution < 1.29 is 28.2 Å². The molecule has 0 aromatic heterocycles. The van der Waals surface area contributed by atoms with Gasteiger partial charge in [0, 0.05) is 0 Å². The molecular weight excluding hydrogens is 339 g/mol. The third-order valence-electron chi connectivity index (χ3n) is 4.16. The first-order chi connectivity index (χ1) is 12.6. The zero-order chi connectivity index (χ0) is 18.5. The first kappa shape index (κ1) is 18.1. The molecule has 0 aliphatic carbocycles. The van der Waals surface area contributed by atoms with E-state index in [2.05, 4.69) is 0 Å². The van der Waals surface area contributed by atoms with E-state index in [0.717, 1.165) is 0 Å². The van der Waals surface area contributed by atoms with Gasteiger partial charge in [-0.3, -0.25) is 0 Å². The Labute approximate surface area is 150 Å². The van der Waals surface area contributed by atoms with Crippen molar-refractivity contribution in [1.29, 1.82) is 0 Å². The first-order valence-electron chi connectivity index (χ1n) is 8.34. The summed E-state index contributed by atoms with van der Waals surface area (Å²) in [6.45, 7) is 1.35. The Balaban J connectivity index is 1.63. The van der Waals surface area contributed by atoms with Gasteiger partial charge in [0.05, 0.1) is 17.2 Å². The molecule has 1 saturated heterocycles. The van der Waals surface area contributed by atoms with E-state index in [1.165, 1.54) is 0 Å². The lowest BCUT2D eigenvalue weighted by molar-refractivity contribution is -0.0403. The van der Waals surface area contributed by atoms with Crippen LogP contribution in [0.25, 0.3) is 0 Å². The minimum Gasteiger partial charge on any atom is -0.459 e. The molecule has 2 aromatic carbocycles. The second kappa shape index (κ2) is 8.10. The third-order valence-corrected chi connectivity index (χ3v) is 4.16. The number of hydrogen-bond acceptors (Lipinski definition) is 5. The highest BCUT2D eigenvalue weighted by atomic mass is 19.1. The van der Waals surface area contributed by atoms with Crippen molar-refractivity contribution in [3.05, 3.63) is 71.8 Å². The monoisotopic (exact) mass is 358 g/mol. The predicted molar refractivity (Wildman–Crippen MR) is 91.6 cm³/mol. The van der Waals surface area contributed by atoms with Crippen LogP contribution >= 0.6 is 0 Å². The zero-order valence-electron chi connectivity index (χ0n) is 14.2. The summed E-state index contributed by atoms with van der Waals surface area (Å²) in [6.07, 6.45) is -4.26. The molecule has 0 saturated carbocycles. The molecule has 136 valence electrons. The summed E-state index contributed by atoms with van der Waals surface area (Å²) < 4.78 is 30.4. The van der Waals surface area contributed by atoms with Gasteiger partial charge >= 0.3 is 11.9 Å². The number of carbonyl (C=O) groups is 2. The lowest BCUT2D eigenvalue weighted by Crippen LogP contribution is -2.37. The van der Waals surface area contributed by atoms with E-state index in [0.29, 0.717) is 11.1 Å². The van der Waals surface area contributed by atoms with E-state index >= 15 is 0 Å². The lowest BCUT2D eigenvalue weighted by Gasteiger charge is -2.20. The molecule has 2 aromatic rings. The van der Waals surface area contributed by atoms with Crippen molar-refractivity contribution in [3.63, 3.8) is 0 Å². The highest BCUT2D eigenvalue weighted by Gasteiger charge is 2.46. The van der Waals surface area contributed by atoms with Gasteiger partial charge in [0.15, 0.2) is 12.3 Å². The molecule has 1 heterocycles. The zero-order valence-corrected chi connectivity index (χ0v) is 14.2. The van der Waals surface area contributed by atoms with Gasteiger partial charge in [-0.15, -0.1) is 0 Å². The van der Waals surface area contributed by atoms with Gasteiger partial charge in [0.1, 0.15) is 12.7 Å². The van der Waals surface area contributed by atoms with Crippen LogP contribution in [0, 0.1) is 0 Å². The van der Waals surface area contributed by atoms with Gasteiger partial charge in [0.25, 0.3) is 0 Å². The van der Waals surface area contributed by atoms with E-state index in [9.17, 15) is 14.0 Å². The molecule has 4 atom stereocenters. The number of hydrogen-bond donors (Lipinski definition) is 0. The van der Waals surface area contributed by atoms with Gasteiger partial charge in [-0.2, -0.15) is 0 Å². The summed E-state index contributed by atoms with van der Waals surface area (Å²) in [4.78, 5) is 24.2. The summed E-state index contributed by atoms with van der Waals surface area (Å²) >= 11 is 0. The number of esters is 2. The molecule has 3 rings (SSSR count). The second-order valence-corrected chi connectivity index (χ2v) is 6.02. The Bertz CT molecular complexity index is 749. The van der Waals surface area contributed by atoms with Crippen LogP contribution in [0.2, 0.25) is 0 Å². The maximum absolute atomic E-state index is 14.4. The Morgan fingerprint density at radius 2 is 1.50 bits per heavy atom. The van der Waals surface area contributed by atoms with Crippen LogP contribution in [0.3, 0.4) is 0 Å². The highest BCUT2D eigenvalue weighted by Crippen LogP contribution is 2.27. The van der Waals surface area contributed by atoms with Crippen LogP contribution in [-0.2, 0) is 14.2 Å². The van der Waals surface area contributed by atoms with Crippen LogP contribution in [0.1, 0.15) is 27.6 Å². The fourth-order valence-electron chi connectivity index (χ4n) is 2.76. The SMILES string of the molecule is C[C@H]1O[C@H](COC(=O)c2ccccc2)[C@@H](OC(=O)c2ccccc2)[C@@H]1F. The number of ether oxygens (including phenoxy) is 3. The fraction of sp³-hybridized carbons (Fsp3) is 0.300. The Morgan fingerprint density at radius 1 is 0.962 bits per heavy atom. The minimum absolute atomic E-state index is 0.203. The molecule has 6 heteroatoms. The molecule has 5 nitrogen and oxygen atoms in total. The smallest absolute Gasteiger partial charge is 0.338 e. The molecule has 0 amide bonds. The van der Waals surface area contributed by atoms with Gasteiger partial charge in [-0.1, -0.05) is 36.4 Å². The Morgan fingerprint density at radius 3 is 2.08 bits per heavy atom. The van der Waals surface area contributed by atoms with Crippen LogP contribution in [0.5, 0.6) is 0 Å². The molecule has 0 spiro atoms. The van der Waals surface area contributed by atoms with Crippen LogP contribution in [0.15, 0.2) is 60.7 Å². The minimum atomic E-state index is -1.50. The third kappa shape index (κ3) is 4.08. The molecule has 0 radical (unpaired) electrons. The van der Waals surface area contributed by atoms with Crippen LogP contribution in [-0.4, -0.2) is 43.0 Å². The molecule has 0 N–H and O–H groups in total. The summed E-state index contributed by atoms with van der Waals surface area (Å²) in [5, 5.41) is 0. The van der Waals surface area contributed by atoms with Crippen molar-refractivity contribution in [3.8, 4) is 0 Å². The largest absolute Gasteiger partial charge is 0.459 e. The van der Waals surface area contributed by atoms with E-state index in [4.69, 9.17) is 14.2 Å². The highest BCUT2D eigenvalue weighted by molar-refractivity contribution is 5.90. The lowest BCUT2D eigenvalue weighted by atomic mass is 10.1. The first-order valence-corrected chi connectivity index (χ1v) is 8.34. The van der Waals surface area contributed by atoms with E-state index in [1.807, 2.05) is 0 Å². The van der Waals surface area contributed by atoms with Crippen LogP contribution < -0.4 is 0 Å². The molecule has 1 aliphatic heterocycles. The topological polar surface area (TPSA) is 61.8 Å². The van der Waals surface area contributed by atoms with E-state index < -0.39 is 36.4 Å². The van der Waals surface area contributed by atoms with Crippen molar-refractivity contribution in [2.24, 2.45) is 0 Å². The molecule has 0 bridgehead atoms. The normalized spacial score (nSPS) is 24.8. The molecule has 0 unspecified atom stereocenters. The molecule has 26 heavy (non-hydrogen) atoms. The number of rotatable bonds is 5. The number of halogens is 1. The Hall–Kier alpha value is -2.73. The van der Waals surface area contributed by atoms with Crippen molar-refractivity contribution in [1.82, 2.24) is 0 Å². The number of carbonyl (C=O) groups excluding carboxylic acids is 2. The quantitative estimate of drug-likeness (QED) is 0.768. The maximum atomic E-state index is 14.4. The summed E-state index contributed by atoms with van der Waals surface area (Å²) in [6, 6.07) is 16.8. The van der Waals surface area contributed by atoms with E-state index in [-0.39, 0.29) is 6.61 Å². The Kier molecular flexibility index (Phi) is 5.63. The number of benzene rings is 2. The van der Waals surface area contributed by atoms with Gasteiger partial charge in [-0.05, 0) is 31.2 Å². The standard InChI is InChI=1S/C20H19FO5/c1-13-17(21)18(26-20(23)15-10-6-3-7-11-15)16(25-13)12-24-19(22)14-8-4-2-5-9-14/h2-11,13,16-18H,12H2,1H3/t13-,16-,17-,18-/m1/s1. The molecular formula is C20H19FO5. The maximum Gasteiger partial charge on any atom is 0.338 e. The molecule has 1 fully saturated rings. The van der Waals surface area contributed by atoms with Crippen molar-refractivity contribution >= 4 is 11.9 Å². The van der Waals surface area contributed by atoms with E-state index in [1.54, 1.807) is 67.6 Å². The van der Waals surface area contributed by atoms with Gasteiger partial charge in [-0.25, -0.2) is 14.0 Å². The van der Waals surface area contributed by atoms with Crippen LogP contribution in [0.4, 0.5) is 4.39 Å². The molecule has 1 aliphatic rings. The van der Waals surface area contributed by atoms with Gasteiger partial charge in [0.2, 0.25) is 0 Å². The average molecular weight is 358 g/mol. The summed E-state index contributed by atoms with van der Waals surface area (Å²) in [5.41, 5.74) is 0.701.